The van der Waals surface area contributed by atoms with Crippen molar-refractivity contribution in [1.82, 2.24) is 9.97 Å². The average Bonchev–Trinajstić information content (AvgIpc) is 2.61. The van der Waals surface area contributed by atoms with E-state index in [0.717, 1.165) is 23.0 Å². The summed E-state index contributed by atoms with van der Waals surface area (Å²) in [7, 11) is 0. The van der Waals surface area contributed by atoms with Gasteiger partial charge in [-0.25, -0.2) is 4.98 Å². The SMILES string of the molecule is O=CCNc1ccc2nc[nH]c2c1. The fourth-order valence-electron chi connectivity index (χ4n) is 1.21. The van der Waals surface area contributed by atoms with Crippen molar-refractivity contribution in [1.29, 1.82) is 0 Å². The molecule has 0 fully saturated rings. The van der Waals surface area contributed by atoms with Crippen molar-refractivity contribution in [2.24, 2.45) is 0 Å². The van der Waals surface area contributed by atoms with Gasteiger partial charge in [0.1, 0.15) is 6.29 Å². The molecule has 0 aliphatic carbocycles. The van der Waals surface area contributed by atoms with E-state index in [0.29, 0.717) is 6.54 Å². The van der Waals surface area contributed by atoms with E-state index in [2.05, 4.69) is 15.3 Å². The summed E-state index contributed by atoms with van der Waals surface area (Å²) in [6.45, 7) is 0.333. The topological polar surface area (TPSA) is 57.8 Å². The fraction of sp³-hybridized carbons (Fsp3) is 0.111. The van der Waals surface area contributed by atoms with E-state index in [1.807, 2.05) is 18.2 Å². The molecule has 0 bridgehead atoms. The van der Waals surface area contributed by atoms with E-state index in [1.165, 1.54) is 0 Å². The molecule has 0 saturated heterocycles. The molecular formula is C9H9N3O. The quantitative estimate of drug-likeness (QED) is 0.688. The monoisotopic (exact) mass is 175 g/mol. The Balaban J connectivity index is 2.31. The molecule has 0 aliphatic heterocycles. The van der Waals surface area contributed by atoms with E-state index in [1.54, 1.807) is 6.33 Å². The third-order valence-corrected chi connectivity index (χ3v) is 1.81. The number of nitrogens with zero attached hydrogens (tertiary/aromatic N) is 1. The molecule has 0 radical (unpaired) electrons. The van der Waals surface area contributed by atoms with Gasteiger partial charge in [-0.05, 0) is 18.2 Å². The van der Waals surface area contributed by atoms with Crippen LogP contribution in [0.4, 0.5) is 5.69 Å². The lowest BCUT2D eigenvalue weighted by atomic mass is 10.3. The number of rotatable bonds is 3. The van der Waals surface area contributed by atoms with Crippen molar-refractivity contribution in [2.45, 2.75) is 0 Å². The summed E-state index contributed by atoms with van der Waals surface area (Å²) in [4.78, 5) is 17.2. The molecule has 4 heteroatoms. The molecule has 2 N–H and O–H groups in total. The lowest BCUT2D eigenvalue weighted by Crippen LogP contribution is -2.01. The number of hydrogen-bond donors (Lipinski definition) is 2. The molecule has 0 unspecified atom stereocenters. The molecule has 0 spiro atoms. The highest BCUT2D eigenvalue weighted by Gasteiger charge is 1.96. The van der Waals surface area contributed by atoms with Crippen molar-refractivity contribution in [3.05, 3.63) is 24.5 Å². The third kappa shape index (κ3) is 1.51. The average molecular weight is 175 g/mol. The minimum absolute atomic E-state index is 0.333. The van der Waals surface area contributed by atoms with Crippen LogP contribution in [0.25, 0.3) is 11.0 Å². The Morgan fingerprint density at radius 1 is 1.54 bits per heavy atom. The summed E-state index contributed by atoms with van der Waals surface area (Å²) >= 11 is 0. The van der Waals surface area contributed by atoms with Gasteiger partial charge < -0.3 is 15.1 Å². The number of imidazole rings is 1. The van der Waals surface area contributed by atoms with Crippen LogP contribution < -0.4 is 5.32 Å². The van der Waals surface area contributed by atoms with Crippen molar-refractivity contribution in [2.75, 3.05) is 11.9 Å². The summed E-state index contributed by atoms with van der Waals surface area (Å²) in [5, 5.41) is 2.96. The number of H-pyrrole nitrogens is 1. The number of aromatic amines is 1. The second-order valence-electron chi connectivity index (χ2n) is 2.68. The summed E-state index contributed by atoms with van der Waals surface area (Å²) in [6, 6.07) is 5.72. The van der Waals surface area contributed by atoms with Gasteiger partial charge in [0.25, 0.3) is 0 Å². The Hall–Kier alpha value is -1.84. The molecule has 0 aliphatic rings. The van der Waals surface area contributed by atoms with Crippen LogP contribution >= 0.6 is 0 Å². The maximum absolute atomic E-state index is 10.1. The van der Waals surface area contributed by atoms with E-state index in [9.17, 15) is 4.79 Å². The van der Waals surface area contributed by atoms with Crippen LogP contribution in [0.15, 0.2) is 24.5 Å². The van der Waals surface area contributed by atoms with Crippen molar-refractivity contribution < 1.29 is 4.79 Å². The number of aldehydes is 1. The van der Waals surface area contributed by atoms with Crippen LogP contribution in [-0.2, 0) is 4.79 Å². The van der Waals surface area contributed by atoms with Gasteiger partial charge in [0.2, 0.25) is 0 Å². The molecule has 1 aromatic carbocycles. The first-order valence-corrected chi connectivity index (χ1v) is 4.01. The molecule has 1 aromatic heterocycles. The van der Waals surface area contributed by atoms with Gasteiger partial charge in [0, 0.05) is 5.69 Å². The Morgan fingerprint density at radius 2 is 2.46 bits per heavy atom. The van der Waals surface area contributed by atoms with Gasteiger partial charge in [0.15, 0.2) is 0 Å². The van der Waals surface area contributed by atoms with Crippen LogP contribution in [-0.4, -0.2) is 22.8 Å². The first-order chi connectivity index (χ1) is 6.40. The molecular weight excluding hydrogens is 166 g/mol. The maximum atomic E-state index is 10.1. The Kier molecular flexibility index (Phi) is 1.96. The predicted molar refractivity (Wildman–Crippen MR) is 50.6 cm³/mol. The zero-order valence-corrected chi connectivity index (χ0v) is 6.95. The van der Waals surface area contributed by atoms with Gasteiger partial charge in [-0.15, -0.1) is 0 Å². The first kappa shape index (κ1) is 7.79. The van der Waals surface area contributed by atoms with Crippen LogP contribution in [0.5, 0.6) is 0 Å². The fourth-order valence-corrected chi connectivity index (χ4v) is 1.21. The van der Waals surface area contributed by atoms with Gasteiger partial charge in [0.05, 0.1) is 23.9 Å². The molecule has 66 valence electrons. The van der Waals surface area contributed by atoms with E-state index in [4.69, 9.17) is 0 Å². The lowest BCUT2D eigenvalue weighted by Gasteiger charge is -2.00. The number of fused-ring (bicyclic) bond motifs is 1. The van der Waals surface area contributed by atoms with Crippen molar-refractivity contribution in [3.8, 4) is 0 Å². The first-order valence-electron chi connectivity index (χ1n) is 4.01. The summed E-state index contributed by atoms with van der Waals surface area (Å²) in [5.74, 6) is 0. The second kappa shape index (κ2) is 3.26. The lowest BCUT2D eigenvalue weighted by molar-refractivity contribution is -0.106. The standard InChI is InChI=1S/C9H9N3O/c13-4-3-10-7-1-2-8-9(5-7)12-6-11-8/h1-2,4-6,10H,3H2,(H,11,12). The van der Waals surface area contributed by atoms with Crippen molar-refractivity contribution in [3.63, 3.8) is 0 Å². The van der Waals surface area contributed by atoms with E-state index in [-0.39, 0.29) is 0 Å². The third-order valence-electron chi connectivity index (χ3n) is 1.81. The Labute approximate surface area is 75.0 Å². The largest absolute Gasteiger partial charge is 0.378 e. The Bertz CT molecular complexity index is 421. The van der Waals surface area contributed by atoms with Gasteiger partial charge >= 0.3 is 0 Å². The maximum Gasteiger partial charge on any atom is 0.139 e. The smallest absolute Gasteiger partial charge is 0.139 e. The van der Waals surface area contributed by atoms with Crippen LogP contribution in [0.2, 0.25) is 0 Å². The van der Waals surface area contributed by atoms with E-state index >= 15 is 0 Å². The normalized spacial score (nSPS) is 10.2. The number of nitrogens with one attached hydrogen (secondary N) is 2. The minimum atomic E-state index is 0.333. The summed E-state index contributed by atoms with van der Waals surface area (Å²) < 4.78 is 0. The highest BCUT2D eigenvalue weighted by atomic mass is 16.1. The number of benzene rings is 1. The summed E-state index contributed by atoms with van der Waals surface area (Å²) in [6.07, 6.45) is 2.48. The van der Waals surface area contributed by atoms with Crippen LogP contribution in [0.1, 0.15) is 0 Å². The highest BCUT2D eigenvalue weighted by molar-refractivity contribution is 5.79. The van der Waals surface area contributed by atoms with Crippen LogP contribution in [0.3, 0.4) is 0 Å². The highest BCUT2D eigenvalue weighted by Crippen LogP contribution is 2.14. The molecule has 0 saturated carbocycles. The van der Waals surface area contributed by atoms with Gasteiger partial charge in [-0.3, -0.25) is 0 Å². The van der Waals surface area contributed by atoms with Crippen LogP contribution in [0, 0.1) is 0 Å². The number of carbonyl (C=O) groups excluding carboxylic acids is 1. The number of hydrogen-bond acceptors (Lipinski definition) is 3. The molecule has 2 rings (SSSR count). The molecule has 13 heavy (non-hydrogen) atoms. The number of carbonyl (C=O) groups is 1. The predicted octanol–water partition coefficient (Wildman–Crippen LogP) is 1.17. The van der Waals surface area contributed by atoms with E-state index < -0.39 is 0 Å². The molecule has 4 nitrogen and oxygen atoms in total. The summed E-state index contributed by atoms with van der Waals surface area (Å²) in [5.41, 5.74) is 2.82. The Morgan fingerprint density at radius 3 is 3.31 bits per heavy atom. The van der Waals surface area contributed by atoms with Gasteiger partial charge in [-0.1, -0.05) is 0 Å². The molecule has 1 heterocycles. The van der Waals surface area contributed by atoms with Gasteiger partial charge in [-0.2, -0.15) is 0 Å². The van der Waals surface area contributed by atoms with Crippen molar-refractivity contribution >= 4 is 23.0 Å². The number of anilines is 1. The second-order valence-corrected chi connectivity index (χ2v) is 2.68. The number of aromatic nitrogens is 2. The molecule has 0 atom stereocenters. The zero-order chi connectivity index (χ0) is 9.10. The zero-order valence-electron chi connectivity index (χ0n) is 6.95. The molecule has 2 aromatic rings. The molecule has 0 amide bonds. The minimum Gasteiger partial charge on any atom is -0.378 e.